The number of nitrogens with zero attached hydrogens (tertiary/aromatic N) is 3. The Labute approximate surface area is 129 Å². The van der Waals surface area contributed by atoms with Crippen LogP contribution in [0.15, 0.2) is 37.1 Å². The molecule has 2 aromatic rings. The number of ether oxygens (including phenoxy) is 1. The smallest absolute Gasteiger partial charge is 0.252 e. The Bertz CT molecular complexity index is 637. The van der Waals surface area contributed by atoms with Crippen LogP contribution in [0.4, 0.5) is 0 Å². The molecule has 1 atom stereocenters. The number of carbonyl (C=O) groups excluding carboxylic acids is 1. The van der Waals surface area contributed by atoms with Crippen molar-refractivity contribution in [2.45, 2.75) is 25.4 Å². The molecule has 3 heterocycles. The van der Waals surface area contributed by atoms with Crippen LogP contribution < -0.4 is 5.32 Å². The first kappa shape index (κ1) is 14.6. The van der Waals surface area contributed by atoms with Gasteiger partial charge in [-0.15, -0.1) is 0 Å². The zero-order chi connectivity index (χ0) is 15.4. The molecule has 0 aromatic carbocycles. The summed E-state index contributed by atoms with van der Waals surface area (Å²) in [4.78, 5) is 24.4. The summed E-state index contributed by atoms with van der Waals surface area (Å²) >= 11 is 0. The highest BCUT2D eigenvalue weighted by Crippen LogP contribution is 2.24. The number of hydrogen-bond donors (Lipinski definition) is 1. The zero-order valence-corrected chi connectivity index (χ0v) is 12.5. The lowest BCUT2D eigenvalue weighted by molar-refractivity contribution is 0.0206. The molecule has 22 heavy (non-hydrogen) atoms. The van der Waals surface area contributed by atoms with Crippen LogP contribution in [0.2, 0.25) is 0 Å². The molecular formula is C16H18N4O2. The number of hydrogen-bond acceptors (Lipinski definition) is 5. The Morgan fingerprint density at radius 2 is 2.14 bits per heavy atom. The molecule has 1 fully saturated rings. The lowest BCUT2D eigenvalue weighted by Gasteiger charge is -2.23. The SMILES string of the molecule is C[C@]1(CNC(=O)c2ccc(-c3cncnc3)nc2)CCCO1. The van der Waals surface area contributed by atoms with Gasteiger partial charge in [0.15, 0.2) is 0 Å². The van der Waals surface area contributed by atoms with Gasteiger partial charge in [-0.05, 0) is 31.9 Å². The van der Waals surface area contributed by atoms with Crippen molar-refractivity contribution in [1.29, 1.82) is 0 Å². The topological polar surface area (TPSA) is 77.0 Å². The lowest BCUT2D eigenvalue weighted by atomic mass is 10.0. The molecule has 0 saturated carbocycles. The molecular weight excluding hydrogens is 280 g/mol. The van der Waals surface area contributed by atoms with Crippen molar-refractivity contribution in [3.8, 4) is 11.3 Å². The minimum Gasteiger partial charge on any atom is -0.373 e. The predicted molar refractivity (Wildman–Crippen MR) is 81.2 cm³/mol. The Morgan fingerprint density at radius 1 is 1.32 bits per heavy atom. The van der Waals surface area contributed by atoms with Gasteiger partial charge in [0.05, 0.1) is 16.9 Å². The minimum absolute atomic E-state index is 0.139. The van der Waals surface area contributed by atoms with Crippen LogP contribution in [0.3, 0.4) is 0 Å². The van der Waals surface area contributed by atoms with E-state index in [0.717, 1.165) is 30.7 Å². The van der Waals surface area contributed by atoms with Gasteiger partial charge in [0.25, 0.3) is 5.91 Å². The molecule has 2 aromatic heterocycles. The summed E-state index contributed by atoms with van der Waals surface area (Å²) in [6.45, 7) is 3.30. The standard InChI is InChI=1S/C16H18N4O2/c1-16(5-2-6-22-16)10-20-15(21)12-3-4-14(19-9-12)13-7-17-11-18-8-13/h3-4,7-9,11H,2,5-6,10H2,1H3,(H,20,21)/t16-/m1/s1. The van der Waals surface area contributed by atoms with Gasteiger partial charge in [-0.2, -0.15) is 0 Å². The van der Waals surface area contributed by atoms with Gasteiger partial charge in [-0.25, -0.2) is 9.97 Å². The van der Waals surface area contributed by atoms with Crippen molar-refractivity contribution >= 4 is 5.91 Å². The van der Waals surface area contributed by atoms with E-state index in [4.69, 9.17) is 4.74 Å². The first-order chi connectivity index (χ1) is 10.7. The number of pyridine rings is 1. The van der Waals surface area contributed by atoms with Crippen molar-refractivity contribution in [2.75, 3.05) is 13.2 Å². The van der Waals surface area contributed by atoms with E-state index in [1.54, 1.807) is 30.7 Å². The fraction of sp³-hybridized carbons (Fsp3) is 0.375. The predicted octanol–water partition coefficient (Wildman–Crippen LogP) is 1.84. The summed E-state index contributed by atoms with van der Waals surface area (Å²) in [5.74, 6) is -0.139. The molecule has 0 radical (unpaired) electrons. The molecule has 1 saturated heterocycles. The summed E-state index contributed by atoms with van der Waals surface area (Å²) in [5.41, 5.74) is 1.84. The van der Waals surface area contributed by atoms with Gasteiger partial charge in [0.1, 0.15) is 6.33 Å². The second kappa shape index (κ2) is 6.19. The molecule has 114 valence electrons. The molecule has 1 N–H and O–H groups in total. The summed E-state index contributed by atoms with van der Waals surface area (Å²) < 4.78 is 5.66. The van der Waals surface area contributed by atoms with Crippen LogP contribution in [0, 0.1) is 0 Å². The maximum absolute atomic E-state index is 12.2. The van der Waals surface area contributed by atoms with Gasteiger partial charge in [-0.3, -0.25) is 9.78 Å². The van der Waals surface area contributed by atoms with Crippen LogP contribution in [0.1, 0.15) is 30.1 Å². The second-order valence-corrected chi connectivity index (χ2v) is 5.64. The molecule has 0 aliphatic carbocycles. The average molecular weight is 298 g/mol. The van der Waals surface area contributed by atoms with E-state index < -0.39 is 0 Å². The van der Waals surface area contributed by atoms with E-state index in [1.807, 2.05) is 6.92 Å². The zero-order valence-electron chi connectivity index (χ0n) is 12.5. The molecule has 1 aliphatic heterocycles. The third kappa shape index (κ3) is 3.28. The Morgan fingerprint density at radius 3 is 2.77 bits per heavy atom. The van der Waals surface area contributed by atoms with Gasteiger partial charge >= 0.3 is 0 Å². The van der Waals surface area contributed by atoms with Crippen LogP contribution in [-0.2, 0) is 4.74 Å². The number of carbonyl (C=O) groups is 1. The first-order valence-electron chi connectivity index (χ1n) is 7.30. The van der Waals surface area contributed by atoms with E-state index in [9.17, 15) is 4.79 Å². The molecule has 0 bridgehead atoms. The number of rotatable bonds is 4. The van der Waals surface area contributed by atoms with E-state index in [-0.39, 0.29) is 11.5 Å². The molecule has 3 rings (SSSR count). The third-order valence-corrected chi connectivity index (χ3v) is 3.81. The number of aromatic nitrogens is 3. The van der Waals surface area contributed by atoms with Gasteiger partial charge in [0.2, 0.25) is 0 Å². The Hall–Kier alpha value is -2.34. The molecule has 1 aliphatic rings. The van der Waals surface area contributed by atoms with E-state index in [1.165, 1.54) is 6.33 Å². The minimum atomic E-state index is -0.246. The number of nitrogens with one attached hydrogen (secondary N) is 1. The summed E-state index contributed by atoms with van der Waals surface area (Å²) in [5, 5.41) is 2.91. The summed E-state index contributed by atoms with van der Waals surface area (Å²) in [7, 11) is 0. The second-order valence-electron chi connectivity index (χ2n) is 5.64. The lowest BCUT2D eigenvalue weighted by Crippen LogP contribution is -2.40. The highest BCUT2D eigenvalue weighted by Gasteiger charge is 2.30. The Balaban J connectivity index is 1.64. The summed E-state index contributed by atoms with van der Waals surface area (Å²) in [6.07, 6.45) is 8.42. The molecule has 1 amide bonds. The van der Waals surface area contributed by atoms with Crippen LogP contribution in [0.5, 0.6) is 0 Å². The number of amides is 1. The molecule has 0 spiro atoms. The molecule has 6 heteroatoms. The highest BCUT2D eigenvalue weighted by molar-refractivity contribution is 5.94. The van der Waals surface area contributed by atoms with E-state index in [2.05, 4.69) is 20.3 Å². The van der Waals surface area contributed by atoms with Gasteiger partial charge < -0.3 is 10.1 Å². The van der Waals surface area contributed by atoms with Crippen molar-refractivity contribution < 1.29 is 9.53 Å². The fourth-order valence-electron chi connectivity index (χ4n) is 2.48. The monoisotopic (exact) mass is 298 g/mol. The molecule has 6 nitrogen and oxygen atoms in total. The summed E-state index contributed by atoms with van der Waals surface area (Å²) in [6, 6.07) is 3.55. The van der Waals surface area contributed by atoms with Crippen molar-refractivity contribution in [3.05, 3.63) is 42.6 Å². The van der Waals surface area contributed by atoms with Crippen molar-refractivity contribution in [2.24, 2.45) is 0 Å². The maximum atomic E-state index is 12.2. The highest BCUT2D eigenvalue weighted by atomic mass is 16.5. The third-order valence-electron chi connectivity index (χ3n) is 3.81. The van der Waals surface area contributed by atoms with Crippen molar-refractivity contribution in [3.63, 3.8) is 0 Å². The van der Waals surface area contributed by atoms with Crippen LogP contribution in [-0.4, -0.2) is 39.6 Å². The molecule has 0 unspecified atom stereocenters. The normalized spacial score (nSPS) is 20.8. The fourth-order valence-corrected chi connectivity index (χ4v) is 2.48. The van der Waals surface area contributed by atoms with Gasteiger partial charge in [0, 0.05) is 37.3 Å². The maximum Gasteiger partial charge on any atom is 0.252 e. The average Bonchev–Trinajstić information content (AvgIpc) is 3.01. The van der Waals surface area contributed by atoms with E-state index in [0.29, 0.717) is 12.1 Å². The van der Waals surface area contributed by atoms with Gasteiger partial charge in [-0.1, -0.05) is 0 Å². The first-order valence-corrected chi connectivity index (χ1v) is 7.30. The van der Waals surface area contributed by atoms with Crippen molar-refractivity contribution in [1.82, 2.24) is 20.3 Å². The van der Waals surface area contributed by atoms with Crippen LogP contribution in [0.25, 0.3) is 11.3 Å². The largest absolute Gasteiger partial charge is 0.373 e. The van der Waals surface area contributed by atoms with E-state index >= 15 is 0 Å². The Kier molecular flexibility index (Phi) is 4.11. The quantitative estimate of drug-likeness (QED) is 0.932. The van der Waals surface area contributed by atoms with Crippen LogP contribution >= 0.6 is 0 Å².